The topological polar surface area (TPSA) is 58.2 Å². The predicted molar refractivity (Wildman–Crippen MR) is 66.9 cm³/mol. The Morgan fingerprint density at radius 2 is 2.06 bits per heavy atom. The van der Waals surface area contributed by atoms with Gasteiger partial charge in [-0.05, 0) is 32.2 Å². The second kappa shape index (κ2) is 5.98. The SMILES string of the molecule is CCNCC(C)S(=O)(=O)NC1CCCC1C. The normalized spacial score (nSPS) is 28.2. The average Bonchev–Trinajstić information content (AvgIpc) is 2.60. The predicted octanol–water partition coefficient (Wildman–Crippen LogP) is 1.09. The van der Waals surface area contributed by atoms with Gasteiger partial charge in [-0.25, -0.2) is 13.1 Å². The fourth-order valence-electron chi connectivity index (χ4n) is 2.10. The van der Waals surface area contributed by atoms with Crippen LogP contribution >= 0.6 is 0 Å². The van der Waals surface area contributed by atoms with Crippen LogP contribution in [0.2, 0.25) is 0 Å². The van der Waals surface area contributed by atoms with E-state index < -0.39 is 10.0 Å². The van der Waals surface area contributed by atoms with Crippen LogP contribution in [0.1, 0.15) is 40.0 Å². The van der Waals surface area contributed by atoms with E-state index >= 15 is 0 Å². The van der Waals surface area contributed by atoms with Crippen LogP contribution in [0.3, 0.4) is 0 Å². The molecule has 0 aromatic carbocycles. The van der Waals surface area contributed by atoms with Crippen molar-refractivity contribution in [1.29, 1.82) is 0 Å². The molecule has 1 fully saturated rings. The zero-order valence-corrected chi connectivity index (χ0v) is 11.3. The van der Waals surface area contributed by atoms with Crippen molar-refractivity contribution in [3.8, 4) is 0 Å². The van der Waals surface area contributed by atoms with Gasteiger partial charge in [0.1, 0.15) is 0 Å². The maximum absolute atomic E-state index is 12.0. The van der Waals surface area contributed by atoms with E-state index in [2.05, 4.69) is 17.0 Å². The third-order valence-electron chi connectivity index (χ3n) is 3.39. The largest absolute Gasteiger partial charge is 0.316 e. The molecule has 0 aromatic heterocycles. The number of hydrogen-bond acceptors (Lipinski definition) is 3. The average molecular weight is 248 g/mol. The molecule has 1 saturated carbocycles. The molecule has 2 N–H and O–H groups in total. The molecule has 0 aliphatic heterocycles. The first-order valence-electron chi connectivity index (χ1n) is 6.19. The van der Waals surface area contributed by atoms with Gasteiger partial charge in [0.2, 0.25) is 10.0 Å². The zero-order chi connectivity index (χ0) is 12.2. The Bertz CT molecular complexity index is 303. The highest BCUT2D eigenvalue weighted by molar-refractivity contribution is 7.90. The summed E-state index contributed by atoms with van der Waals surface area (Å²) in [5.74, 6) is 0.473. The number of nitrogens with one attached hydrogen (secondary N) is 2. The Kier molecular flexibility index (Phi) is 5.21. The standard InChI is InChI=1S/C11H24N2O2S/c1-4-12-8-10(3)16(14,15)13-11-7-5-6-9(11)2/h9-13H,4-8H2,1-3H3. The van der Waals surface area contributed by atoms with Crippen molar-refractivity contribution in [2.45, 2.75) is 51.3 Å². The smallest absolute Gasteiger partial charge is 0.215 e. The van der Waals surface area contributed by atoms with Crippen molar-refractivity contribution >= 4 is 10.0 Å². The van der Waals surface area contributed by atoms with Crippen molar-refractivity contribution in [3.63, 3.8) is 0 Å². The van der Waals surface area contributed by atoms with E-state index in [9.17, 15) is 8.42 Å². The summed E-state index contributed by atoms with van der Waals surface area (Å²) < 4.78 is 26.8. The molecule has 3 atom stereocenters. The fraction of sp³-hybridized carbons (Fsp3) is 1.00. The summed E-state index contributed by atoms with van der Waals surface area (Å²) in [6.07, 6.45) is 3.25. The minimum atomic E-state index is -3.16. The van der Waals surface area contributed by atoms with Crippen molar-refractivity contribution in [2.75, 3.05) is 13.1 Å². The molecule has 0 spiro atoms. The van der Waals surface area contributed by atoms with Gasteiger partial charge in [-0.3, -0.25) is 0 Å². The third kappa shape index (κ3) is 3.71. The van der Waals surface area contributed by atoms with Crippen LogP contribution in [0.25, 0.3) is 0 Å². The van der Waals surface area contributed by atoms with Crippen molar-refractivity contribution in [2.24, 2.45) is 5.92 Å². The molecule has 5 heteroatoms. The number of rotatable bonds is 6. The van der Waals surface area contributed by atoms with E-state index in [1.54, 1.807) is 6.92 Å². The molecule has 0 saturated heterocycles. The first-order chi connectivity index (χ1) is 7.47. The zero-order valence-electron chi connectivity index (χ0n) is 10.5. The molecule has 0 heterocycles. The lowest BCUT2D eigenvalue weighted by Crippen LogP contribution is -2.44. The van der Waals surface area contributed by atoms with Gasteiger partial charge in [-0.1, -0.05) is 20.3 Å². The highest BCUT2D eigenvalue weighted by Crippen LogP contribution is 2.25. The van der Waals surface area contributed by atoms with E-state index in [1.165, 1.54) is 0 Å². The molecule has 0 amide bonds. The molecule has 0 aromatic rings. The van der Waals surface area contributed by atoms with Gasteiger partial charge in [0.15, 0.2) is 0 Å². The summed E-state index contributed by atoms with van der Waals surface area (Å²) in [7, 11) is -3.16. The summed E-state index contributed by atoms with van der Waals surface area (Å²) in [5.41, 5.74) is 0. The van der Waals surface area contributed by atoms with Crippen LogP contribution in [-0.2, 0) is 10.0 Å². The van der Waals surface area contributed by atoms with Crippen molar-refractivity contribution in [1.82, 2.24) is 10.0 Å². The van der Waals surface area contributed by atoms with Gasteiger partial charge < -0.3 is 5.32 Å². The van der Waals surface area contributed by atoms with Gasteiger partial charge in [0, 0.05) is 12.6 Å². The van der Waals surface area contributed by atoms with E-state index in [-0.39, 0.29) is 11.3 Å². The van der Waals surface area contributed by atoms with Crippen LogP contribution in [0, 0.1) is 5.92 Å². The first-order valence-corrected chi connectivity index (χ1v) is 7.74. The fourth-order valence-corrected chi connectivity index (χ4v) is 3.45. The van der Waals surface area contributed by atoms with Gasteiger partial charge in [0.25, 0.3) is 0 Å². The first kappa shape index (κ1) is 13.9. The van der Waals surface area contributed by atoms with Gasteiger partial charge in [0.05, 0.1) is 5.25 Å². The maximum atomic E-state index is 12.0. The molecule has 96 valence electrons. The summed E-state index contributed by atoms with van der Waals surface area (Å²) in [6, 6.07) is 0.147. The lowest BCUT2D eigenvalue weighted by atomic mass is 10.1. The Morgan fingerprint density at radius 3 is 2.56 bits per heavy atom. The maximum Gasteiger partial charge on any atom is 0.215 e. The lowest BCUT2D eigenvalue weighted by molar-refractivity contribution is 0.471. The van der Waals surface area contributed by atoms with Crippen LogP contribution in [0.15, 0.2) is 0 Å². The Labute approximate surface area is 99.2 Å². The monoisotopic (exact) mass is 248 g/mol. The summed E-state index contributed by atoms with van der Waals surface area (Å²) in [5, 5.41) is 2.71. The van der Waals surface area contributed by atoms with Gasteiger partial charge in [-0.15, -0.1) is 0 Å². The Balaban J connectivity index is 2.50. The summed E-state index contributed by atoms with van der Waals surface area (Å²) in [6.45, 7) is 7.18. The van der Waals surface area contributed by atoms with E-state index in [1.807, 2.05) is 6.92 Å². The molecule has 16 heavy (non-hydrogen) atoms. The highest BCUT2D eigenvalue weighted by atomic mass is 32.2. The molecule has 1 aliphatic carbocycles. The summed E-state index contributed by atoms with van der Waals surface area (Å²) >= 11 is 0. The minimum absolute atomic E-state index is 0.147. The second-order valence-electron chi connectivity index (χ2n) is 4.80. The van der Waals surface area contributed by atoms with Gasteiger partial charge in [-0.2, -0.15) is 0 Å². The van der Waals surface area contributed by atoms with Gasteiger partial charge >= 0.3 is 0 Å². The molecule has 1 rings (SSSR count). The minimum Gasteiger partial charge on any atom is -0.316 e. The molecule has 0 radical (unpaired) electrons. The lowest BCUT2D eigenvalue weighted by Gasteiger charge is -2.21. The van der Waals surface area contributed by atoms with Crippen LogP contribution in [0.4, 0.5) is 0 Å². The molecule has 0 bridgehead atoms. The second-order valence-corrected chi connectivity index (χ2v) is 6.93. The quantitative estimate of drug-likeness (QED) is 0.740. The Hall–Kier alpha value is -0.130. The summed E-state index contributed by atoms with van der Waals surface area (Å²) in [4.78, 5) is 0. The van der Waals surface area contributed by atoms with Crippen LogP contribution in [-0.4, -0.2) is 32.8 Å². The van der Waals surface area contributed by atoms with Crippen molar-refractivity contribution < 1.29 is 8.42 Å². The number of hydrogen-bond donors (Lipinski definition) is 2. The molecule has 3 unspecified atom stereocenters. The number of sulfonamides is 1. The van der Waals surface area contributed by atoms with Crippen LogP contribution in [0.5, 0.6) is 0 Å². The van der Waals surface area contributed by atoms with Crippen LogP contribution < -0.4 is 10.0 Å². The molecular weight excluding hydrogens is 224 g/mol. The van der Waals surface area contributed by atoms with E-state index in [0.717, 1.165) is 25.8 Å². The third-order valence-corrected chi connectivity index (χ3v) is 5.25. The highest BCUT2D eigenvalue weighted by Gasteiger charge is 2.30. The molecular formula is C11H24N2O2S. The molecule has 4 nitrogen and oxygen atoms in total. The Morgan fingerprint density at radius 1 is 1.38 bits per heavy atom. The van der Waals surface area contributed by atoms with E-state index in [0.29, 0.717) is 12.5 Å². The van der Waals surface area contributed by atoms with Crippen molar-refractivity contribution in [3.05, 3.63) is 0 Å². The molecule has 1 aliphatic rings. The van der Waals surface area contributed by atoms with E-state index in [4.69, 9.17) is 0 Å².